The first-order valence-electron chi connectivity index (χ1n) is 5.81. The van der Waals surface area contributed by atoms with E-state index in [1.54, 1.807) is 18.2 Å². The fourth-order valence-electron chi connectivity index (χ4n) is 1.77. The van der Waals surface area contributed by atoms with E-state index in [2.05, 4.69) is 20.6 Å². The van der Waals surface area contributed by atoms with Gasteiger partial charge in [-0.2, -0.15) is 4.68 Å². The number of nitrogens with zero attached hydrogens (tertiary/aromatic N) is 5. The normalized spacial score (nSPS) is 10.7. The van der Waals surface area contributed by atoms with E-state index >= 15 is 0 Å². The molecule has 9 nitrogen and oxygen atoms in total. The highest BCUT2D eigenvalue weighted by molar-refractivity contribution is 6.31. The van der Waals surface area contributed by atoms with Crippen molar-refractivity contribution in [3.05, 3.63) is 51.5 Å². The molecule has 0 bridgehead atoms. The van der Waals surface area contributed by atoms with Crippen molar-refractivity contribution in [3.63, 3.8) is 0 Å². The number of ether oxygens (including phenoxy) is 1. The molecule has 0 amide bonds. The van der Waals surface area contributed by atoms with Crippen LogP contribution >= 0.6 is 11.6 Å². The molecule has 0 aliphatic rings. The minimum absolute atomic E-state index is 0.0469. The van der Waals surface area contributed by atoms with Crippen LogP contribution in [0.25, 0.3) is 5.69 Å². The van der Waals surface area contributed by atoms with Crippen molar-refractivity contribution >= 4 is 11.6 Å². The molecule has 0 aliphatic heterocycles. The molecule has 108 valence electrons. The molecule has 2 N–H and O–H groups in total. The second-order valence-corrected chi connectivity index (χ2v) is 4.43. The first-order valence-corrected chi connectivity index (χ1v) is 6.19. The largest absolute Gasteiger partial charge is 0.472 e. The summed E-state index contributed by atoms with van der Waals surface area (Å²) in [5.41, 5.74) is 0.505. The van der Waals surface area contributed by atoms with Crippen LogP contribution in [0, 0.1) is 0 Å². The van der Waals surface area contributed by atoms with Crippen molar-refractivity contribution in [1.29, 1.82) is 0 Å². The van der Waals surface area contributed by atoms with Gasteiger partial charge in [0, 0.05) is 16.7 Å². The maximum atomic E-state index is 11.6. The first kappa shape index (κ1) is 13.2. The maximum absolute atomic E-state index is 11.6. The monoisotopic (exact) mass is 308 g/mol. The van der Waals surface area contributed by atoms with Crippen molar-refractivity contribution in [2.24, 2.45) is 0 Å². The maximum Gasteiger partial charge on any atom is 0.365 e. The summed E-state index contributed by atoms with van der Waals surface area (Å²) in [6.45, 7) is 0.0469. The summed E-state index contributed by atoms with van der Waals surface area (Å²) in [5, 5.41) is 22.5. The van der Waals surface area contributed by atoms with E-state index in [4.69, 9.17) is 21.5 Å². The van der Waals surface area contributed by atoms with Gasteiger partial charge in [-0.3, -0.25) is 0 Å². The molecule has 0 radical (unpaired) electrons. The van der Waals surface area contributed by atoms with Gasteiger partial charge in [-0.1, -0.05) is 22.8 Å². The molecule has 0 fully saturated rings. The van der Waals surface area contributed by atoms with E-state index in [0.717, 1.165) is 4.68 Å². The zero-order valence-corrected chi connectivity index (χ0v) is 11.2. The summed E-state index contributed by atoms with van der Waals surface area (Å²) < 4.78 is 6.50. The van der Waals surface area contributed by atoms with E-state index in [-0.39, 0.29) is 12.5 Å². The molecule has 21 heavy (non-hydrogen) atoms. The Balaban J connectivity index is 1.94. The van der Waals surface area contributed by atoms with Gasteiger partial charge in [0.1, 0.15) is 6.61 Å². The van der Waals surface area contributed by atoms with Crippen LogP contribution < -0.4 is 10.4 Å². The highest BCUT2D eigenvalue weighted by Gasteiger charge is 2.13. The van der Waals surface area contributed by atoms with Gasteiger partial charge in [0.25, 0.3) is 0 Å². The number of rotatable bonds is 4. The molecule has 3 aromatic rings. The lowest BCUT2D eigenvalue weighted by Gasteiger charge is -2.10. The van der Waals surface area contributed by atoms with Crippen LogP contribution in [0.5, 0.6) is 5.88 Å². The Labute approximate surface area is 122 Å². The summed E-state index contributed by atoms with van der Waals surface area (Å²) in [5.74, 6) is 0.218. The third kappa shape index (κ3) is 2.58. The number of aromatic amines is 1. The van der Waals surface area contributed by atoms with Gasteiger partial charge in [-0.15, -0.1) is 4.85 Å². The van der Waals surface area contributed by atoms with Gasteiger partial charge in [-0.25, -0.2) is 9.89 Å². The average molecular weight is 309 g/mol. The van der Waals surface area contributed by atoms with Crippen molar-refractivity contribution < 1.29 is 9.94 Å². The molecule has 2 heterocycles. The number of hydrogen-bond acceptors (Lipinski definition) is 6. The Bertz CT molecular complexity index is 823. The smallest absolute Gasteiger partial charge is 0.365 e. The molecule has 2 aromatic heterocycles. The van der Waals surface area contributed by atoms with Gasteiger partial charge >= 0.3 is 5.69 Å². The fraction of sp³-hybridized carbons (Fsp3) is 0.0909. The van der Waals surface area contributed by atoms with Crippen molar-refractivity contribution in [2.45, 2.75) is 6.61 Å². The van der Waals surface area contributed by atoms with Gasteiger partial charge in [-0.05, 0) is 22.6 Å². The number of aromatic nitrogens is 6. The summed E-state index contributed by atoms with van der Waals surface area (Å²) in [6, 6.07) is 6.50. The number of halogens is 1. The highest BCUT2D eigenvalue weighted by Crippen LogP contribution is 2.23. The fourth-order valence-corrected chi connectivity index (χ4v) is 1.99. The molecule has 3 rings (SSSR count). The quantitative estimate of drug-likeness (QED) is 0.684. The van der Waals surface area contributed by atoms with Crippen LogP contribution in [0.4, 0.5) is 0 Å². The summed E-state index contributed by atoms with van der Waals surface area (Å²) in [7, 11) is 0. The highest BCUT2D eigenvalue weighted by atomic mass is 35.5. The van der Waals surface area contributed by atoms with E-state index < -0.39 is 5.69 Å². The summed E-state index contributed by atoms with van der Waals surface area (Å²) >= 11 is 6.14. The predicted molar refractivity (Wildman–Crippen MR) is 70.7 cm³/mol. The zero-order valence-electron chi connectivity index (χ0n) is 10.5. The van der Waals surface area contributed by atoms with Crippen molar-refractivity contribution in [2.75, 3.05) is 0 Å². The van der Waals surface area contributed by atoms with E-state index in [1.807, 2.05) is 0 Å². The minimum atomic E-state index is -0.488. The average Bonchev–Trinajstić information content (AvgIpc) is 3.06. The predicted octanol–water partition coefficient (Wildman–Crippen LogP) is 0.622. The Hall–Kier alpha value is -2.81. The van der Waals surface area contributed by atoms with E-state index in [9.17, 15) is 4.79 Å². The molecule has 1 aromatic carbocycles. The Kier molecular flexibility index (Phi) is 3.32. The van der Waals surface area contributed by atoms with Gasteiger partial charge < -0.3 is 9.94 Å². The molecular formula is C11H9ClN6O3. The van der Waals surface area contributed by atoms with Crippen LogP contribution in [-0.2, 0) is 6.61 Å². The Morgan fingerprint density at radius 3 is 2.90 bits per heavy atom. The second-order valence-electron chi connectivity index (χ2n) is 4.02. The molecule has 0 atom stereocenters. The summed E-state index contributed by atoms with van der Waals surface area (Å²) in [6.07, 6.45) is 1.32. The first-order chi connectivity index (χ1) is 10.1. The number of benzene rings is 1. The van der Waals surface area contributed by atoms with Gasteiger partial charge in [0.05, 0.1) is 11.9 Å². The third-order valence-corrected chi connectivity index (χ3v) is 3.06. The summed E-state index contributed by atoms with van der Waals surface area (Å²) in [4.78, 5) is 12.2. The molecule has 0 unspecified atom stereocenters. The van der Waals surface area contributed by atoms with Crippen molar-refractivity contribution in [3.8, 4) is 11.6 Å². The molecule has 10 heteroatoms. The lowest BCUT2D eigenvalue weighted by atomic mass is 10.2. The standard InChI is InChI=1S/C11H9ClN6O3/c12-8-2-1-3-9(18-11(19)13-15-16-18)7(8)6-21-10-4-5-17(20)14-10/h1-5,20H,6H2,(H,13,16,19). The number of nitrogens with one attached hydrogen (secondary N) is 1. The zero-order chi connectivity index (χ0) is 14.8. The lowest BCUT2D eigenvalue weighted by molar-refractivity contribution is 0.141. The van der Waals surface area contributed by atoms with E-state index in [0.29, 0.717) is 21.1 Å². The molecular weight excluding hydrogens is 300 g/mol. The van der Waals surface area contributed by atoms with Crippen LogP contribution in [0.15, 0.2) is 35.3 Å². The molecule has 0 saturated carbocycles. The minimum Gasteiger partial charge on any atom is -0.472 e. The molecule has 0 saturated heterocycles. The molecule has 0 spiro atoms. The third-order valence-electron chi connectivity index (χ3n) is 2.71. The van der Waals surface area contributed by atoms with Crippen LogP contribution in [0.3, 0.4) is 0 Å². The number of tetrazole rings is 1. The Morgan fingerprint density at radius 2 is 2.24 bits per heavy atom. The molecule has 0 aliphatic carbocycles. The van der Waals surface area contributed by atoms with Crippen LogP contribution in [-0.4, -0.2) is 35.4 Å². The van der Waals surface area contributed by atoms with Crippen molar-refractivity contribution in [1.82, 2.24) is 30.2 Å². The van der Waals surface area contributed by atoms with Gasteiger partial charge in [0.2, 0.25) is 5.88 Å². The second kappa shape index (κ2) is 5.29. The van der Waals surface area contributed by atoms with Crippen LogP contribution in [0.1, 0.15) is 5.56 Å². The van der Waals surface area contributed by atoms with Crippen LogP contribution in [0.2, 0.25) is 5.02 Å². The Morgan fingerprint density at radius 1 is 1.38 bits per heavy atom. The topological polar surface area (TPSA) is 111 Å². The number of H-pyrrole nitrogens is 1. The number of hydrogen-bond donors (Lipinski definition) is 2. The van der Waals surface area contributed by atoms with Gasteiger partial charge in [0.15, 0.2) is 0 Å². The van der Waals surface area contributed by atoms with E-state index in [1.165, 1.54) is 12.3 Å². The lowest BCUT2D eigenvalue weighted by Crippen LogP contribution is -2.18. The SMILES string of the molecule is O=c1[nH]nnn1-c1cccc(Cl)c1COc1ccn(O)n1.